The molecule has 2 rings (SSSR count). The van der Waals surface area contributed by atoms with Crippen molar-refractivity contribution in [2.24, 2.45) is 0 Å². The lowest BCUT2D eigenvalue weighted by Gasteiger charge is -2.16. The number of ether oxygens (including phenoxy) is 3. The van der Waals surface area contributed by atoms with Crippen LogP contribution in [0.3, 0.4) is 0 Å². The van der Waals surface area contributed by atoms with Crippen LogP contribution in [0.15, 0.2) is 42.5 Å². The van der Waals surface area contributed by atoms with Gasteiger partial charge in [-0.2, -0.15) is 0 Å². The molecule has 0 bridgehead atoms. The van der Waals surface area contributed by atoms with Crippen LogP contribution in [0.1, 0.15) is 31.9 Å². The predicted octanol–water partition coefficient (Wildman–Crippen LogP) is 3.87. The zero-order chi connectivity index (χ0) is 19.1. The number of hydrogen-bond donors (Lipinski definition) is 1. The Balaban J connectivity index is 1.93. The summed E-state index contributed by atoms with van der Waals surface area (Å²) in [5.41, 5.74) is 2.01. The molecule has 0 heterocycles. The number of rotatable bonds is 8. The van der Waals surface area contributed by atoms with Crippen molar-refractivity contribution in [1.29, 1.82) is 0 Å². The van der Waals surface area contributed by atoms with Crippen LogP contribution >= 0.6 is 0 Å². The quantitative estimate of drug-likeness (QED) is 0.779. The van der Waals surface area contributed by atoms with Crippen LogP contribution < -0.4 is 19.5 Å². The molecule has 0 saturated heterocycles. The highest BCUT2D eigenvalue weighted by atomic mass is 16.5. The van der Waals surface area contributed by atoms with Gasteiger partial charge in [0.15, 0.2) is 17.6 Å². The molecule has 2 aromatic rings. The van der Waals surface area contributed by atoms with Gasteiger partial charge < -0.3 is 19.5 Å². The van der Waals surface area contributed by atoms with Crippen molar-refractivity contribution in [3.63, 3.8) is 0 Å². The summed E-state index contributed by atoms with van der Waals surface area (Å²) in [6.07, 6.45) is -0.517. The monoisotopic (exact) mass is 357 g/mol. The van der Waals surface area contributed by atoms with Gasteiger partial charge in [0.25, 0.3) is 5.91 Å². The van der Waals surface area contributed by atoms with Gasteiger partial charge in [0.1, 0.15) is 5.75 Å². The van der Waals surface area contributed by atoms with Gasteiger partial charge in [-0.15, -0.1) is 0 Å². The number of aryl methyl sites for hydroxylation is 1. The normalized spacial score (nSPS) is 11.8. The highest BCUT2D eigenvalue weighted by Crippen LogP contribution is 2.29. The lowest BCUT2D eigenvalue weighted by Crippen LogP contribution is -2.35. The fourth-order valence-corrected chi connectivity index (χ4v) is 2.45. The lowest BCUT2D eigenvalue weighted by molar-refractivity contribution is -0.127. The smallest absolute Gasteiger partial charge is 0.261 e. The summed E-state index contributed by atoms with van der Waals surface area (Å²) in [6, 6.07) is 13.3. The van der Waals surface area contributed by atoms with E-state index in [1.807, 2.05) is 63.2 Å². The van der Waals surface area contributed by atoms with Gasteiger partial charge in [0, 0.05) is 6.54 Å². The van der Waals surface area contributed by atoms with Crippen LogP contribution in [-0.4, -0.2) is 25.2 Å². The van der Waals surface area contributed by atoms with Crippen molar-refractivity contribution in [2.75, 3.05) is 7.11 Å². The summed E-state index contributed by atoms with van der Waals surface area (Å²) >= 11 is 0. The van der Waals surface area contributed by atoms with Crippen molar-refractivity contribution >= 4 is 5.91 Å². The molecule has 0 saturated carbocycles. The molecule has 2 aromatic carbocycles. The summed E-state index contributed by atoms with van der Waals surface area (Å²) in [6.45, 7) is 8.03. The van der Waals surface area contributed by atoms with Gasteiger partial charge in [-0.3, -0.25) is 4.79 Å². The van der Waals surface area contributed by atoms with Crippen LogP contribution in [-0.2, 0) is 11.3 Å². The third-order valence-electron chi connectivity index (χ3n) is 3.73. The number of carbonyl (C=O) groups is 1. The van der Waals surface area contributed by atoms with E-state index in [0.717, 1.165) is 11.1 Å². The van der Waals surface area contributed by atoms with Gasteiger partial charge in [-0.1, -0.05) is 18.2 Å². The summed E-state index contributed by atoms with van der Waals surface area (Å²) in [4.78, 5) is 12.3. The Kier molecular flexibility index (Phi) is 6.89. The fraction of sp³-hybridized carbons (Fsp3) is 0.381. The third-order valence-corrected chi connectivity index (χ3v) is 3.73. The molecule has 140 valence electrons. The first-order valence-electron chi connectivity index (χ1n) is 8.73. The SMILES string of the molecule is COc1cc(CNC(=O)[C@H](C)Oc2cccc(C)c2)ccc1OC(C)C. The molecule has 0 aliphatic heterocycles. The lowest BCUT2D eigenvalue weighted by atomic mass is 10.2. The minimum Gasteiger partial charge on any atom is -0.493 e. The maximum atomic E-state index is 12.3. The van der Waals surface area contributed by atoms with Crippen LogP contribution in [0, 0.1) is 6.92 Å². The van der Waals surface area contributed by atoms with Crippen molar-refractivity contribution in [3.05, 3.63) is 53.6 Å². The van der Waals surface area contributed by atoms with Crippen LogP contribution in [0.4, 0.5) is 0 Å². The largest absolute Gasteiger partial charge is 0.493 e. The molecule has 0 aliphatic rings. The number of amides is 1. The van der Waals surface area contributed by atoms with Gasteiger partial charge in [0.2, 0.25) is 0 Å². The van der Waals surface area contributed by atoms with Crippen molar-refractivity contribution in [3.8, 4) is 17.2 Å². The highest BCUT2D eigenvalue weighted by Gasteiger charge is 2.15. The average molecular weight is 357 g/mol. The molecular formula is C21H27NO4. The third kappa shape index (κ3) is 5.69. The maximum absolute atomic E-state index is 12.3. The Bertz CT molecular complexity index is 743. The van der Waals surface area contributed by atoms with Gasteiger partial charge in [-0.25, -0.2) is 0 Å². The second-order valence-corrected chi connectivity index (χ2v) is 6.45. The van der Waals surface area contributed by atoms with E-state index in [2.05, 4.69) is 5.32 Å². The zero-order valence-electron chi connectivity index (χ0n) is 16.0. The van der Waals surface area contributed by atoms with E-state index in [-0.39, 0.29) is 12.0 Å². The summed E-state index contributed by atoms with van der Waals surface area (Å²) in [5.74, 6) is 1.85. The highest BCUT2D eigenvalue weighted by molar-refractivity contribution is 5.80. The van der Waals surface area contributed by atoms with Crippen LogP contribution in [0.2, 0.25) is 0 Å². The molecule has 0 unspecified atom stereocenters. The van der Waals surface area contributed by atoms with Crippen molar-refractivity contribution < 1.29 is 19.0 Å². The minimum absolute atomic E-state index is 0.0640. The molecule has 0 radical (unpaired) electrons. The Hall–Kier alpha value is -2.69. The van der Waals surface area contributed by atoms with E-state index in [4.69, 9.17) is 14.2 Å². The first-order valence-corrected chi connectivity index (χ1v) is 8.73. The van der Waals surface area contributed by atoms with E-state index in [0.29, 0.717) is 23.8 Å². The Labute approximate surface area is 155 Å². The zero-order valence-corrected chi connectivity index (χ0v) is 16.0. The topological polar surface area (TPSA) is 56.8 Å². The molecule has 1 N–H and O–H groups in total. The molecule has 5 nitrogen and oxygen atoms in total. The number of carbonyl (C=O) groups excluding carboxylic acids is 1. The molecule has 0 aliphatic carbocycles. The number of hydrogen-bond acceptors (Lipinski definition) is 4. The molecule has 1 atom stereocenters. The number of benzene rings is 2. The first-order chi connectivity index (χ1) is 12.4. The van der Waals surface area contributed by atoms with E-state index in [1.165, 1.54) is 0 Å². The van der Waals surface area contributed by atoms with Crippen LogP contribution in [0.25, 0.3) is 0 Å². The predicted molar refractivity (Wildman–Crippen MR) is 102 cm³/mol. The second-order valence-electron chi connectivity index (χ2n) is 6.45. The second kappa shape index (κ2) is 9.13. The molecule has 0 spiro atoms. The van der Waals surface area contributed by atoms with E-state index in [9.17, 15) is 4.79 Å². The molecule has 0 aromatic heterocycles. The Morgan fingerprint density at radius 1 is 1.04 bits per heavy atom. The molecule has 26 heavy (non-hydrogen) atoms. The van der Waals surface area contributed by atoms with Gasteiger partial charge in [0.05, 0.1) is 13.2 Å². The maximum Gasteiger partial charge on any atom is 0.261 e. The summed E-state index contributed by atoms with van der Waals surface area (Å²) in [5, 5.41) is 2.88. The average Bonchev–Trinajstić information content (AvgIpc) is 2.60. The molecule has 5 heteroatoms. The molecule has 1 amide bonds. The Morgan fingerprint density at radius 2 is 1.81 bits per heavy atom. The standard InChI is InChI=1S/C21H27NO4/c1-14(2)25-19-10-9-17(12-20(19)24-5)13-22-21(23)16(4)26-18-8-6-7-15(3)11-18/h6-12,14,16H,13H2,1-5H3,(H,22,23)/t16-/m0/s1. The molecule has 0 fully saturated rings. The summed E-state index contributed by atoms with van der Waals surface area (Å²) in [7, 11) is 1.60. The van der Waals surface area contributed by atoms with E-state index in [1.54, 1.807) is 14.0 Å². The van der Waals surface area contributed by atoms with E-state index < -0.39 is 6.10 Å². The Morgan fingerprint density at radius 3 is 2.46 bits per heavy atom. The van der Waals surface area contributed by atoms with Gasteiger partial charge >= 0.3 is 0 Å². The number of methoxy groups -OCH3 is 1. The number of nitrogens with one attached hydrogen (secondary N) is 1. The van der Waals surface area contributed by atoms with Crippen LogP contribution in [0.5, 0.6) is 17.2 Å². The first kappa shape index (κ1) is 19.6. The van der Waals surface area contributed by atoms with E-state index >= 15 is 0 Å². The van der Waals surface area contributed by atoms with Crippen molar-refractivity contribution in [2.45, 2.75) is 46.4 Å². The van der Waals surface area contributed by atoms with Crippen molar-refractivity contribution in [1.82, 2.24) is 5.32 Å². The minimum atomic E-state index is -0.581. The summed E-state index contributed by atoms with van der Waals surface area (Å²) < 4.78 is 16.8. The molecular weight excluding hydrogens is 330 g/mol. The fourth-order valence-electron chi connectivity index (χ4n) is 2.45. The van der Waals surface area contributed by atoms with Gasteiger partial charge in [-0.05, 0) is 63.1 Å².